The van der Waals surface area contributed by atoms with Gasteiger partial charge in [-0.15, -0.1) is 0 Å². The summed E-state index contributed by atoms with van der Waals surface area (Å²) in [5, 5.41) is 9.81. The average molecular weight is 297 g/mol. The van der Waals surface area contributed by atoms with Crippen LogP contribution in [0.5, 0.6) is 5.75 Å². The molecule has 0 spiro atoms. The fourth-order valence-corrected chi connectivity index (χ4v) is 3.03. The number of halogens is 1. The molecule has 0 aliphatic heterocycles. The van der Waals surface area contributed by atoms with Gasteiger partial charge in [-0.3, -0.25) is 4.79 Å². The highest BCUT2D eigenvalue weighted by atomic mass is 35.5. The van der Waals surface area contributed by atoms with Crippen molar-refractivity contribution in [3.8, 4) is 5.75 Å². The average Bonchev–Trinajstić information content (AvgIpc) is 3.18. The van der Waals surface area contributed by atoms with Gasteiger partial charge in [-0.25, -0.2) is 0 Å². The van der Waals surface area contributed by atoms with Gasteiger partial charge in [-0.05, 0) is 47.9 Å². The molecule has 2 rings (SSSR count). The molecule has 0 radical (unpaired) electrons. The maximum Gasteiger partial charge on any atom is 0.303 e. The Kier molecular flexibility index (Phi) is 4.59. The van der Waals surface area contributed by atoms with Gasteiger partial charge in [0.2, 0.25) is 0 Å². The van der Waals surface area contributed by atoms with E-state index in [1.165, 1.54) is 0 Å². The van der Waals surface area contributed by atoms with E-state index in [9.17, 15) is 4.79 Å². The lowest BCUT2D eigenvalue weighted by Gasteiger charge is -2.22. The van der Waals surface area contributed by atoms with Crippen LogP contribution in [0, 0.1) is 5.92 Å². The predicted octanol–water partition coefficient (Wildman–Crippen LogP) is 4.44. The number of methoxy groups -OCH3 is 1. The Hall–Kier alpha value is -1.22. The van der Waals surface area contributed by atoms with Crippen LogP contribution < -0.4 is 4.74 Å². The molecule has 1 aliphatic carbocycles. The van der Waals surface area contributed by atoms with Crippen molar-refractivity contribution in [1.82, 2.24) is 0 Å². The predicted molar refractivity (Wildman–Crippen MR) is 79.8 cm³/mol. The third-order valence-corrected chi connectivity index (χ3v) is 4.14. The zero-order valence-electron chi connectivity index (χ0n) is 12.1. The number of rotatable bonds is 6. The molecule has 0 aromatic heterocycles. The zero-order valence-corrected chi connectivity index (χ0v) is 12.9. The van der Waals surface area contributed by atoms with Crippen molar-refractivity contribution >= 4 is 17.6 Å². The second kappa shape index (κ2) is 6.04. The molecular weight excluding hydrogens is 276 g/mol. The van der Waals surface area contributed by atoms with Crippen LogP contribution in [-0.2, 0) is 4.79 Å². The van der Waals surface area contributed by atoms with Crippen molar-refractivity contribution in [2.45, 2.75) is 44.9 Å². The number of ether oxygens (including phenoxy) is 1. The van der Waals surface area contributed by atoms with E-state index >= 15 is 0 Å². The number of hydrogen-bond acceptors (Lipinski definition) is 2. The van der Waals surface area contributed by atoms with Gasteiger partial charge in [-0.2, -0.15) is 0 Å². The maximum absolute atomic E-state index is 11.1. The van der Waals surface area contributed by atoms with Crippen molar-refractivity contribution in [3.05, 3.63) is 28.3 Å². The second-order valence-electron chi connectivity index (χ2n) is 5.81. The Balaban J connectivity index is 2.49. The van der Waals surface area contributed by atoms with Gasteiger partial charge in [0.1, 0.15) is 5.75 Å². The highest BCUT2D eigenvalue weighted by Gasteiger charge is 2.36. The van der Waals surface area contributed by atoms with Gasteiger partial charge in [0.15, 0.2) is 0 Å². The maximum atomic E-state index is 11.1. The van der Waals surface area contributed by atoms with Crippen molar-refractivity contribution in [3.63, 3.8) is 0 Å². The normalized spacial score (nSPS) is 16.2. The van der Waals surface area contributed by atoms with Crippen molar-refractivity contribution in [1.29, 1.82) is 0 Å². The fraction of sp³-hybridized carbons (Fsp3) is 0.562. The van der Waals surface area contributed by atoms with Crippen LogP contribution in [0.4, 0.5) is 0 Å². The van der Waals surface area contributed by atoms with Crippen LogP contribution >= 0.6 is 11.6 Å². The summed E-state index contributed by atoms with van der Waals surface area (Å²) < 4.78 is 5.58. The van der Waals surface area contributed by atoms with Crippen molar-refractivity contribution < 1.29 is 14.6 Å². The van der Waals surface area contributed by atoms with Crippen molar-refractivity contribution in [2.75, 3.05) is 7.11 Å². The monoisotopic (exact) mass is 296 g/mol. The molecule has 1 fully saturated rings. The first-order chi connectivity index (χ1) is 9.43. The fourth-order valence-electron chi connectivity index (χ4n) is 2.79. The lowest BCUT2D eigenvalue weighted by atomic mass is 9.87. The summed E-state index contributed by atoms with van der Waals surface area (Å²) in [5.41, 5.74) is 2.00. The van der Waals surface area contributed by atoms with E-state index < -0.39 is 5.97 Å². The molecule has 0 bridgehead atoms. The quantitative estimate of drug-likeness (QED) is 0.844. The van der Waals surface area contributed by atoms with Gasteiger partial charge in [0, 0.05) is 10.9 Å². The molecule has 20 heavy (non-hydrogen) atoms. The Labute approximate surface area is 124 Å². The van der Waals surface area contributed by atoms with E-state index in [1.807, 2.05) is 12.1 Å². The molecule has 3 nitrogen and oxygen atoms in total. The summed E-state index contributed by atoms with van der Waals surface area (Å²) >= 11 is 6.23. The molecule has 0 amide bonds. The van der Waals surface area contributed by atoms with Crippen LogP contribution in [-0.4, -0.2) is 18.2 Å². The molecule has 1 saturated carbocycles. The molecule has 1 aromatic rings. The topological polar surface area (TPSA) is 46.5 Å². The molecule has 110 valence electrons. The Morgan fingerprint density at radius 3 is 2.45 bits per heavy atom. The molecule has 0 saturated heterocycles. The Morgan fingerprint density at radius 2 is 2.00 bits per heavy atom. The Morgan fingerprint density at radius 1 is 1.40 bits per heavy atom. The minimum Gasteiger partial charge on any atom is -0.496 e. The van der Waals surface area contributed by atoms with E-state index in [0.29, 0.717) is 10.9 Å². The van der Waals surface area contributed by atoms with E-state index in [1.54, 1.807) is 7.11 Å². The van der Waals surface area contributed by atoms with Crippen LogP contribution in [0.15, 0.2) is 12.1 Å². The molecule has 1 aliphatic rings. The van der Waals surface area contributed by atoms with E-state index in [2.05, 4.69) is 13.8 Å². The lowest BCUT2D eigenvalue weighted by molar-refractivity contribution is -0.137. The highest BCUT2D eigenvalue weighted by molar-refractivity contribution is 6.30. The Bertz CT molecular complexity index is 507. The first-order valence-electron chi connectivity index (χ1n) is 7.03. The second-order valence-corrected chi connectivity index (χ2v) is 6.25. The van der Waals surface area contributed by atoms with Crippen molar-refractivity contribution in [2.24, 2.45) is 5.92 Å². The van der Waals surface area contributed by atoms with Crippen LogP contribution in [0.3, 0.4) is 0 Å². The number of carbonyl (C=O) groups is 1. The number of carboxylic acid groups (broad SMARTS) is 1. The molecular formula is C16H21ClO3. The third-order valence-electron chi connectivity index (χ3n) is 3.92. The molecule has 4 heteroatoms. The summed E-state index contributed by atoms with van der Waals surface area (Å²) in [6.07, 6.45) is 2.31. The van der Waals surface area contributed by atoms with Gasteiger partial charge >= 0.3 is 5.97 Å². The highest BCUT2D eigenvalue weighted by Crippen LogP contribution is 2.49. The van der Waals surface area contributed by atoms with E-state index in [4.69, 9.17) is 21.4 Å². The first kappa shape index (κ1) is 15.2. The number of aliphatic carboxylic acids is 1. The van der Waals surface area contributed by atoms with E-state index in [0.717, 1.165) is 29.7 Å². The lowest BCUT2D eigenvalue weighted by Crippen LogP contribution is -2.11. The number of benzene rings is 1. The molecule has 1 N–H and O–H groups in total. The largest absolute Gasteiger partial charge is 0.496 e. The molecule has 1 aromatic carbocycles. The van der Waals surface area contributed by atoms with Gasteiger partial charge < -0.3 is 9.84 Å². The summed E-state index contributed by atoms with van der Waals surface area (Å²) in [7, 11) is 1.64. The first-order valence-corrected chi connectivity index (χ1v) is 7.41. The smallest absolute Gasteiger partial charge is 0.303 e. The summed E-state index contributed by atoms with van der Waals surface area (Å²) in [6.45, 7) is 4.17. The zero-order chi connectivity index (χ0) is 14.9. The summed E-state index contributed by atoms with van der Waals surface area (Å²) in [6, 6.07) is 3.79. The van der Waals surface area contributed by atoms with Gasteiger partial charge in [0.25, 0.3) is 0 Å². The SMILES string of the molecule is COc1c(C(C)C)cc(Cl)cc1C(CC(=O)O)C1CC1. The van der Waals surface area contributed by atoms with Crippen LogP contribution in [0.25, 0.3) is 0 Å². The molecule has 1 atom stereocenters. The number of hydrogen-bond donors (Lipinski definition) is 1. The van der Waals surface area contributed by atoms with Gasteiger partial charge in [0.05, 0.1) is 13.5 Å². The minimum absolute atomic E-state index is 0.00125. The van der Waals surface area contributed by atoms with E-state index in [-0.39, 0.29) is 18.3 Å². The number of carboxylic acids is 1. The molecule has 1 unspecified atom stereocenters. The van der Waals surface area contributed by atoms with Crippen LogP contribution in [0.1, 0.15) is 56.1 Å². The summed E-state index contributed by atoms with van der Waals surface area (Å²) in [4.78, 5) is 11.1. The minimum atomic E-state index is -0.768. The summed E-state index contributed by atoms with van der Waals surface area (Å²) in [5.74, 6) is 0.766. The third kappa shape index (κ3) is 3.26. The van der Waals surface area contributed by atoms with Gasteiger partial charge in [-0.1, -0.05) is 25.4 Å². The van der Waals surface area contributed by atoms with Crippen LogP contribution in [0.2, 0.25) is 5.02 Å². The standard InChI is InChI=1S/C16H21ClO3/c1-9(2)12-6-11(17)7-14(16(12)20-3)13(8-15(18)19)10-4-5-10/h6-7,9-10,13H,4-5,8H2,1-3H3,(H,18,19). The molecule has 0 heterocycles.